The van der Waals surface area contributed by atoms with Crippen LogP contribution in [-0.2, 0) is 6.54 Å². The molecule has 0 saturated heterocycles. The number of halogens is 3. The highest BCUT2D eigenvalue weighted by Crippen LogP contribution is 2.31. The average molecular weight is 318 g/mol. The number of hydrogen-bond acceptors (Lipinski definition) is 2. The van der Waals surface area contributed by atoms with Crippen LogP contribution in [0.15, 0.2) is 34.7 Å². The van der Waals surface area contributed by atoms with Gasteiger partial charge in [0.05, 0.1) is 11.6 Å². The monoisotopic (exact) mass is 316 g/mol. The number of furan rings is 1. The van der Waals surface area contributed by atoms with Gasteiger partial charge in [-0.25, -0.2) is 0 Å². The van der Waals surface area contributed by atoms with Crippen LogP contribution in [0.25, 0.3) is 11.3 Å². The Morgan fingerprint density at radius 2 is 1.95 bits per heavy atom. The minimum Gasteiger partial charge on any atom is -1.00 e. The molecule has 0 aliphatic heterocycles. The molecule has 1 saturated carbocycles. The van der Waals surface area contributed by atoms with Gasteiger partial charge in [-0.3, -0.25) is 0 Å². The number of nitrogens with one attached hydrogen (secondary N) is 1. The number of benzene rings is 1. The fraction of sp³-hybridized carbons (Fsp3) is 0.286. The Labute approximate surface area is 128 Å². The zero-order valence-electron chi connectivity index (χ0n) is 10.1. The van der Waals surface area contributed by atoms with Crippen molar-refractivity contribution in [2.45, 2.75) is 25.4 Å². The van der Waals surface area contributed by atoms with Crippen molar-refractivity contribution >= 4 is 23.2 Å². The normalized spacial score (nSPS) is 14.2. The van der Waals surface area contributed by atoms with Crippen LogP contribution in [0.5, 0.6) is 0 Å². The first kappa shape index (κ1) is 14.7. The molecule has 1 aromatic carbocycles. The lowest BCUT2D eigenvalue weighted by atomic mass is 10.2. The summed E-state index contributed by atoms with van der Waals surface area (Å²) in [5.74, 6) is 1.71. The third-order valence-corrected chi connectivity index (χ3v) is 3.55. The minimum absolute atomic E-state index is 0. The smallest absolute Gasteiger partial charge is 0.135 e. The first-order valence-corrected chi connectivity index (χ1v) is 6.75. The van der Waals surface area contributed by atoms with Crippen LogP contribution < -0.4 is 17.7 Å². The first-order chi connectivity index (χ1) is 8.72. The highest BCUT2D eigenvalue weighted by atomic mass is 35.5. The number of rotatable bonds is 4. The maximum Gasteiger partial charge on any atom is 0.135 e. The molecule has 0 unspecified atom stereocenters. The molecule has 5 heteroatoms. The molecule has 1 heterocycles. The topological polar surface area (TPSA) is 25.2 Å². The molecule has 0 radical (unpaired) electrons. The summed E-state index contributed by atoms with van der Waals surface area (Å²) in [5.41, 5.74) is 0.874. The molecule has 0 amide bonds. The molecule has 102 valence electrons. The second kappa shape index (κ2) is 6.19. The van der Waals surface area contributed by atoms with Crippen molar-refractivity contribution in [1.82, 2.24) is 5.32 Å². The zero-order valence-corrected chi connectivity index (χ0v) is 12.4. The van der Waals surface area contributed by atoms with Crippen LogP contribution in [0.2, 0.25) is 10.0 Å². The van der Waals surface area contributed by atoms with Crippen LogP contribution in [0.4, 0.5) is 0 Å². The molecular formula is C14H13Cl3NO-. The van der Waals surface area contributed by atoms with E-state index in [4.69, 9.17) is 27.6 Å². The summed E-state index contributed by atoms with van der Waals surface area (Å²) in [6.45, 7) is 0.774. The van der Waals surface area contributed by atoms with Gasteiger partial charge in [0.15, 0.2) is 0 Å². The van der Waals surface area contributed by atoms with Gasteiger partial charge in [0, 0.05) is 16.6 Å². The van der Waals surface area contributed by atoms with E-state index in [2.05, 4.69) is 5.32 Å². The molecule has 0 atom stereocenters. The summed E-state index contributed by atoms with van der Waals surface area (Å²) >= 11 is 12.0. The largest absolute Gasteiger partial charge is 1.00 e. The van der Waals surface area contributed by atoms with Crippen LogP contribution in [-0.4, -0.2) is 6.04 Å². The van der Waals surface area contributed by atoms with Gasteiger partial charge in [-0.05, 0) is 43.2 Å². The number of hydrogen-bond donors (Lipinski definition) is 1. The average Bonchev–Trinajstić information content (AvgIpc) is 3.05. The van der Waals surface area contributed by atoms with Crippen molar-refractivity contribution in [1.29, 1.82) is 0 Å². The lowest BCUT2D eigenvalue weighted by Gasteiger charge is -2.02. The first-order valence-electron chi connectivity index (χ1n) is 6.00. The molecule has 1 aliphatic carbocycles. The highest BCUT2D eigenvalue weighted by molar-refractivity contribution is 6.36. The van der Waals surface area contributed by atoms with E-state index in [9.17, 15) is 0 Å². The zero-order chi connectivity index (χ0) is 12.5. The third kappa shape index (κ3) is 3.67. The molecule has 2 nitrogen and oxygen atoms in total. The van der Waals surface area contributed by atoms with Gasteiger partial charge in [0.1, 0.15) is 11.5 Å². The van der Waals surface area contributed by atoms with Crippen LogP contribution in [0, 0.1) is 0 Å². The summed E-state index contributed by atoms with van der Waals surface area (Å²) < 4.78 is 5.78. The Morgan fingerprint density at radius 3 is 2.63 bits per heavy atom. The fourth-order valence-corrected chi connectivity index (χ4v) is 2.34. The fourth-order valence-electron chi connectivity index (χ4n) is 1.84. The molecule has 3 rings (SSSR count). The molecule has 19 heavy (non-hydrogen) atoms. The SMILES string of the molecule is Clc1ccc(-c2ccc(CNC3CC3)o2)c(Cl)c1.[Cl-]. The minimum atomic E-state index is 0. The highest BCUT2D eigenvalue weighted by Gasteiger charge is 2.20. The summed E-state index contributed by atoms with van der Waals surface area (Å²) in [4.78, 5) is 0. The van der Waals surface area contributed by atoms with Crippen LogP contribution >= 0.6 is 23.2 Å². The molecule has 2 aromatic rings. The van der Waals surface area contributed by atoms with Gasteiger partial charge < -0.3 is 22.1 Å². The van der Waals surface area contributed by atoms with Crippen molar-refractivity contribution < 1.29 is 16.8 Å². The molecule has 1 aromatic heterocycles. The standard InChI is InChI=1S/C14H13Cl2NO.ClH/c15-9-1-5-12(13(16)7-9)14-6-4-11(18-14)8-17-10-2-3-10;/h1,4-7,10,17H,2-3,8H2;1H/p-1. The lowest BCUT2D eigenvalue weighted by molar-refractivity contribution is -0.00000402. The Bertz CT molecular complexity index is 564. The van der Waals surface area contributed by atoms with Crippen LogP contribution in [0.3, 0.4) is 0 Å². The Balaban J connectivity index is 0.00000133. The molecule has 0 bridgehead atoms. The Kier molecular flexibility index (Phi) is 4.80. The quantitative estimate of drug-likeness (QED) is 0.925. The summed E-state index contributed by atoms with van der Waals surface area (Å²) in [6.07, 6.45) is 2.55. The molecular weight excluding hydrogens is 305 g/mol. The molecule has 1 N–H and O–H groups in total. The van der Waals surface area contributed by atoms with Gasteiger partial charge in [-0.1, -0.05) is 23.2 Å². The maximum absolute atomic E-state index is 6.15. The molecule has 0 spiro atoms. The van der Waals surface area contributed by atoms with Crippen LogP contribution in [0.1, 0.15) is 18.6 Å². The summed E-state index contributed by atoms with van der Waals surface area (Å²) in [5, 5.41) is 4.65. The van der Waals surface area contributed by atoms with E-state index in [1.54, 1.807) is 6.07 Å². The van der Waals surface area contributed by atoms with Crippen molar-refractivity contribution in [3.05, 3.63) is 46.1 Å². The van der Waals surface area contributed by atoms with E-state index in [1.165, 1.54) is 12.8 Å². The predicted octanol–water partition coefficient (Wildman–Crippen LogP) is 1.51. The maximum atomic E-state index is 6.15. The van der Waals surface area contributed by atoms with Crippen molar-refractivity contribution in [3.8, 4) is 11.3 Å². The molecule has 1 fully saturated rings. The van der Waals surface area contributed by atoms with Gasteiger partial charge in [-0.2, -0.15) is 0 Å². The van der Waals surface area contributed by atoms with Gasteiger partial charge in [0.2, 0.25) is 0 Å². The third-order valence-electron chi connectivity index (χ3n) is 3.00. The van der Waals surface area contributed by atoms with Crippen molar-refractivity contribution in [3.63, 3.8) is 0 Å². The molecule has 1 aliphatic rings. The van der Waals surface area contributed by atoms with E-state index in [0.29, 0.717) is 16.1 Å². The second-order valence-electron chi connectivity index (χ2n) is 4.55. The Morgan fingerprint density at radius 1 is 1.16 bits per heavy atom. The van der Waals surface area contributed by atoms with E-state index >= 15 is 0 Å². The van der Waals surface area contributed by atoms with Crippen molar-refractivity contribution in [2.75, 3.05) is 0 Å². The predicted molar refractivity (Wildman–Crippen MR) is 74.0 cm³/mol. The van der Waals surface area contributed by atoms with E-state index < -0.39 is 0 Å². The Hall–Kier alpha value is -0.670. The van der Waals surface area contributed by atoms with E-state index in [1.807, 2.05) is 24.3 Å². The summed E-state index contributed by atoms with van der Waals surface area (Å²) in [6, 6.07) is 10.0. The van der Waals surface area contributed by atoms with E-state index in [-0.39, 0.29) is 12.4 Å². The van der Waals surface area contributed by atoms with Gasteiger partial charge >= 0.3 is 0 Å². The van der Waals surface area contributed by atoms with E-state index in [0.717, 1.165) is 23.6 Å². The lowest BCUT2D eigenvalue weighted by Crippen LogP contribution is -3.00. The van der Waals surface area contributed by atoms with Gasteiger partial charge in [-0.15, -0.1) is 0 Å². The van der Waals surface area contributed by atoms with Gasteiger partial charge in [0.25, 0.3) is 0 Å². The summed E-state index contributed by atoms with van der Waals surface area (Å²) in [7, 11) is 0. The van der Waals surface area contributed by atoms with Crippen molar-refractivity contribution in [2.24, 2.45) is 0 Å². The second-order valence-corrected chi connectivity index (χ2v) is 5.39.